The lowest BCUT2D eigenvalue weighted by Crippen LogP contribution is -2.09. The molecule has 0 saturated heterocycles. The number of hydrogen-bond donors (Lipinski definition) is 1. The van der Waals surface area contributed by atoms with Crippen molar-refractivity contribution in [2.24, 2.45) is 0 Å². The van der Waals surface area contributed by atoms with Crippen molar-refractivity contribution < 1.29 is 4.74 Å². The van der Waals surface area contributed by atoms with Gasteiger partial charge in [0.05, 0.1) is 9.90 Å². The number of thiophene rings is 1. The van der Waals surface area contributed by atoms with E-state index in [9.17, 15) is 0 Å². The second-order valence-electron chi connectivity index (χ2n) is 6.24. The van der Waals surface area contributed by atoms with Gasteiger partial charge in [0.1, 0.15) is 6.33 Å². The van der Waals surface area contributed by atoms with E-state index in [1.165, 1.54) is 17.7 Å². The largest absolute Gasteiger partial charge is 0.465 e. The van der Waals surface area contributed by atoms with Gasteiger partial charge in [0.15, 0.2) is 23.4 Å². The molecule has 1 unspecified atom stereocenters. The second kappa shape index (κ2) is 7.26. The number of aromatic amines is 1. The van der Waals surface area contributed by atoms with Crippen LogP contribution in [0.25, 0.3) is 27.5 Å². The first-order valence-corrected chi connectivity index (χ1v) is 9.98. The molecule has 8 nitrogen and oxygen atoms in total. The Balaban J connectivity index is 1.66. The average molecular weight is 424 g/mol. The molecule has 144 valence electrons. The lowest BCUT2D eigenvalue weighted by atomic mass is 10.2. The van der Waals surface area contributed by atoms with Crippen LogP contribution in [0, 0.1) is 0 Å². The summed E-state index contributed by atoms with van der Waals surface area (Å²) in [6.07, 6.45) is 1.11. The molecule has 0 amide bonds. The monoisotopic (exact) mass is 423 g/mol. The minimum atomic E-state index is -0.406. The predicted molar refractivity (Wildman–Crippen MR) is 110 cm³/mol. The van der Waals surface area contributed by atoms with Crippen LogP contribution in [0.4, 0.5) is 0 Å². The van der Waals surface area contributed by atoms with Gasteiger partial charge < -0.3 is 4.74 Å². The van der Waals surface area contributed by atoms with Crippen molar-refractivity contribution in [3.63, 3.8) is 0 Å². The van der Waals surface area contributed by atoms with Gasteiger partial charge in [-0.15, -0.1) is 26.6 Å². The molecule has 1 atom stereocenters. The van der Waals surface area contributed by atoms with Gasteiger partial charge in [-0.05, 0) is 25.1 Å². The van der Waals surface area contributed by atoms with Crippen LogP contribution < -0.4 is 4.74 Å². The van der Waals surface area contributed by atoms with Crippen LogP contribution in [0.5, 0.6) is 5.88 Å². The molecule has 0 saturated carbocycles. The van der Waals surface area contributed by atoms with Crippen molar-refractivity contribution in [2.45, 2.75) is 13.0 Å². The fourth-order valence-electron chi connectivity index (χ4n) is 2.94. The number of nitrogens with zero attached hydrogens (tertiary/aromatic N) is 6. The Kier molecular flexibility index (Phi) is 4.45. The van der Waals surface area contributed by atoms with Gasteiger partial charge in [0.25, 0.3) is 0 Å². The number of aromatic nitrogens is 7. The smallest absolute Gasteiger partial charge is 0.241 e. The molecular formula is C19H14ClN7OS. The zero-order chi connectivity index (χ0) is 19.8. The molecule has 29 heavy (non-hydrogen) atoms. The topological polar surface area (TPSA) is 93.9 Å². The van der Waals surface area contributed by atoms with Crippen molar-refractivity contribution in [3.05, 3.63) is 65.0 Å². The van der Waals surface area contributed by atoms with Gasteiger partial charge in [0, 0.05) is 10.4 Å². The van der Waals surface area contributed by atoms with Crippen molar-refractivity contribution in [3.8, 4) is 27.7 Å². The number of ether oxygens (including phenoxy) is 1. The summed E-state index contributed by atoms with van der Waals surface area (Å²) < 4.78 is 8.51. The van der Waals surface area contributed by atoms with Crippen molar-refractivity contribution in [1.29, 1.82) is 0 Å². The summed E-state index contributed by atoms with van der Waals surface area (Å²) >= 11 is 7.59. The van der Waals surface area contributed by atoms with Crippen molar-refractivity contribution >= 4 is 28.6 Å². The Labute approximate surface area is 174 Å². The first kappa shape index (κ1) is 17.8. The predicted octanol–water partition coefficient (Wildman–Crippen LogP) is 4.43. The maximum atomic E-state index is 6.15. The molecule has 0 radical (unpaired) electrons. The maximum Gasteiger partial charge on any atom is 0.241 e. The standard InChI is InChI=1S/C19H14ClN7OS/c1-11(17-21-10-22-24-17)28-19-13(14-7-8-15(20)29-14)9-16-23-25-18(27(16)26-19)12-5-3-2-4-6-12/h2-11H,1H3,(H,21,22,24). The fraction of sp³-hybridized carbons (Fsp3) is 0.105. The Hall–Kier alpha value is -3.30. The molecule has 4 aromatic heterocycles. The van der Waals surface area contributed by atoms with E-state index in [2.05, 4.69) is 25.4 Å². The molecule has 1 N–H and O–H groups in total. The molecule has 0 aliphatic rings. The fourth-order valence-corrected chi connectivity index (χ4v) is 3.99. The molecule has 0 aliphatic carbocycles. The molecule has 5 aromatic rings. The number of rotatable bonds is 5. The molecule has 10 heteroatoms. The Bertz CT molecular complexity index is 1270. The first-order valence-electron chi connectivity index (χ1n) is 8.79. The average Bonchev–Trinajstić information content (AvgIpc) is 3.49. The number of H-pyrrole nitrogens is 1. The molecule has 5 rings (SSSR count). The van der Waals surface area contributed by atoms with E-state index in [0.717, 1.165) is 16.0 Å². The van der Waals surface area contributed by atoms with E-state index in [4.69, 9.17) is 21.4 Å². The second-order valence-corrected chi connectivity index (χ2v) is 7.96. The summed E-state index contributed by atoms with van der Waals surface area (Å²) in [5.74, 6) is 1.59. The van der Waals surface area contributed by atoms with E-state index in [1.807, 2.05) is 55.5 Å². The van der Waals surface area contributed by atoms with Crippen molar-refractivity contribution in [1.82, 2.24) is 35.0 Å². The number of fused-ring (bicyclic) bond motifs is 1. The van der Waals surface area contributed by atoms with E-state index < -0.39 is 6.10 Å². The van der Waals surface area contributed by atoms with E-state index >= 15 is 0 Å². The molecular weight excluding hydrogens is 410 g/mol. The van der Waals surface area contributed by atoms with Crippen LogP contribution in [0.2, 0.25) is 4.34 Å². The Morgan fingerprint density at radius 3 is 2.72 bits per heavy atom. The van der Waals surface area contributed by atoms with E-state index in [-0.39, 0.29) is 0 Å². The maximum absolute atomic E-state index is 6.15. The minimum Gasteiger partial charge on any atom is -0.465 e. The van der Waals surface area contributed by atoms with Gasteiger partial charge >= 0.3 is 0 Å². The van der Waals surface area contributed by atoms with Crippen LogP contribution in [-0.4, -0.2) is 35.0 Å². The summed E-state index contributed by atoms with van der Waals surface area (Å²) in [5, 5.41) is 20.1. The molecule has 0 bridgehead atoms. The van der Waals surface area contributed by atoms with Crippen molar-refractivity contribution in [2.75, 3.05) is 0 Å². The van der Waals surface area contributed by atoms with Crippen LogP contribution in [0.3, 0.4) is 0 Å². The third kappa shape index (κ3) is 3.34. The highest BCUT2D eigenvalue weighted by molar-refractivity contribution is 7.19. The lowest BCUT2D eigenvalue weighted by Gasteiger charge is -2.14. The Morgan fingerprint density at radius 2 is 2.00 bits per heavy atom. The normalized spacial score (nSPS) is 12.3. The number of nitrogens with one attached hydrogen (secondary N) is 1. The van der Waals surface area contributed by atoms with Crippen LogP contribution in [-0.2, 0) is 0 Å². The van der Waals surface area contributed by atoms with Crippen LogP contribution in [0.15, 0.2) is 54.9 Å². The first-order chi connectivity index (χ1) is 14.2. The zero-order valence-corrected chi connectivity index (χ0v) is 16.7. The van der Waals surface area contributed by atoms with Crippen LogP contribution >= 0.6 is 22.9 Å². The minimum absolute atomic E-state index is 0.406. The summed E-state index contributed by atoms with van der Waals surface area (Å²) in [4.78, 5) is 5.09. The van der Waals surface area contributed by atoms with E-state index in [1.54, 1.807) is 4.52 Å². The summed E-state index contributed by atoms with van der Waals surface area (Å²) in [6.45, 7) is 1.87. The number of benzene rings is 1. The zero-order valence-electron chi connectivity index (χ0n) is 15.2. The molecule has 0 aliphatic heterocycles. The van der Waals surface area contributed by atoms with Gasteiger partial charge in [-0.1, -0.05) is 41.9 Å². The third-order valence-electron chi connectivity index (χ3n) is 4.32. The molecule has 0 fully saturated rings. The lowest BCUT2D eigenvalue weighted by molar-refractivity contribution is 0.206. The highest BCUT2D eigenvalue weighted by Crippen LogP contribution is 2.38. The quantitative estimate of drug-likeness (QED) is 0.449. The number of halogens is 1. The third-order valence-corrected chi connectivity index (χ3v) is 5.58. The highest BCUT2D eigenvalue weighted by atomic mass is 35.5. The van der Waals surface area contributed by atoms with Gasteiger partial charge in [-0.25, -0.2) is 4.98 Å². The van der Waals surface area contributed by atoms with Gasteiger partial charge in [-0.2, -0.15) is 9.61 Å². The number of hydrogen-bond acceptors (Lipinski definition) is 7. The summed E-state index contributed by atoms with van der Waals surface area (Å²) in [7, 11) is 0. The van der Waals surface area contributed by atoms with E-state index in [0.29, 0.717) is 27.5 Å². The van der Waals surface area contributed by atoms with Crippen LogP contribution in [0.1, 0.15) is 18.9 Å². The van der Waals surface area contributed by atoms with Gasteiger partial charge in [0.2, 0.25) is 5.88 Å². The molecule has 4 heterocycles. The summed E-state index contributed by atoms with van der Waals surface area (Å²) in [6, 6.07) is 15.4. The molecule has 0 spiro atoms. The highest BCUT2D eigenvalue weighted by Gasteiger charge is 2.20. The Morgan fingerprint density at radius 1 is 1.14 bits per heavy atom. The SMILES string of the molecule is CC(Oc1nn2c(-c3ccccc3)nnc2cc1-c1ccc(Cl)s1)c1nc[nH]n1. The summed E-state index contributed by atoms with van der Waals surface area (Å²) in [5.41, 5.74) is 2.30. The van der Waals surface area contributed by atoms with Gasteiger partial charge in [-0.3, -0.25) is 5.10 Å². The molecule has 1 aromatic carbocycles.